The van der Waals surface area contributed by atoms with Gasteiger partial charge in [-0.3, -0.25) is 0 Å². The SMILES string of the molecule is CC.c1ccc(-n2c3ccccc3c3ccc(-c4c5ccccc5c(-c5ccc6c7ccccc7n(-c7ccccc7)c6c5)c5ccccc45)cc32)cc1. The van der Waals surface area contributed by atoms with Crippen LogP contribution in [0.25, 0.3) is 98.8 Å². The Balaban J connectivity index is 0.00000178. The molecule has 0 spiro atoms. The summed E-state index contributed by atoms with van der Waals surface area (Å²) in [5, 5.41) is 10.1. The molecule has 0 bridgehead atoms. The first kappa shape index (κ1) is 31.8. The van der Waals surface area contributed by atoms with E-state index in [1.165, 1.54) is 98.8 Å². The fourth-order valence-electron chi connectivity index (χ4n) is 8.71. The molecule has 2 aromatic heterocycles. The van der Waals surface area contributed by atoms with Crippen LogP contribution in [0.2, 0.25) is 0 Å². The molecule has 0 aliphatic heterocycles. The van der Waals surface area contributed by atoms with Crippen molar-refractivity contribution in [2.45, 2.75) is 13.8 Å². The van der Waals surface area contributed by atoms with Gasteiger partial charge in [0.15, 0.2) is 0 Å². The minimum atomic E-state index is 1.17. The number of rotatable bonds is 4. The Kier molecular flexibility index (Phi) is 7.63. The molecule has 2 heteroatoms. The highest BCUT2D eigenvalue weighted by molar-refractivity contribution is 6.23. The summed E-state index contributed by atoms with van der Waals surface area (Å²) >= 11 is 0. The second-order valence-electron chi connectivity index (χ2n) is 13.7. The van der Waals surface area contributed by atoms with E-state index in [2.05, 4.69) is 203 Å². The standard InChI is InChI=1S/C50H32N2.C2H6/c1-3-15-35(16-4-1)51-45-25-13-11-19-37(45)39-29-27-33(31-47(39)51)49-41-21-7-9-23-43(41)50(44-24-10-8-22-42(44)49)34-28-30-40-38-20-12-14-26-46(38)52(48(40)32-34)36-17-5-2-6-18-36;1-2/h1-32H;1-2H3. The first-order chi connectivity index (χ1) is 26.8. The molecular formula is C52H38N2. The molecule has 0 saturated heterocycles. The fourth-order valence-corrected chi connectivity index (χ4v) is 8.71. The topological polar surface area (TPSA) is 9.86 Å². The molecule has 0 saturated carbocycles. The van der Waals surface area contributed by atoms with Gasteiger partial charge in [-0.05, 0) is 92.3 Å². The van der Waals surface area contributed by atoms with Crippen LogP contribution in [0.1, 0.15) is 13.8 Å². The molecule has 9 aromatic carbocycles. The second kappa shape index (κ2) is 12.9. The van der Waals surface area contributed by atoms with Crippen LogP contribution in [0.3, 0.4) is 0 Å². The lowest BCUT2D eigenvalue weighted by molar-refractivity contribution is 1.18. The summed E-state index contributed by atoms with van der Waals surface area (Å²) in [6, 6.07) is 71.0. The molecule has 0 radical (unpaired) electrons. The van der Waals surface area contributed by atoms with Crippen molar-refractivity contribution in [2.75, 3.05) is 0 Å². The van der Waals surface area contributed by atoms with Crippen molar-refractivity contribution >= 4 is 65.2 Å². The van der Waals surface area contributed by atoms with Crippen LogP contribution >= 0.6 is 0 Å². The monoisotopic (exact) mass is 690 g/mol. The van der Waals surface area contributed by atoms with Gasteiger partial charge in [-0.1, -0.05) is 159 Å². The minimum absolute atomic E-state index is 1.17. The third kappa shape index (κ3) is 4.81. The van der Waals surface area contributed by atoms with Crippen molar-refractivity contribution in [1.29, 1.82) is 0 Å². The molecule has 0 aliphatic rings. The summed E-state index contributed by atoms with van der Waals surface area (Å²) in [5.41, 5.74) is 12.1. The highest BCUT2D eigenvalue weighted by Gasteiger charge is 2.20. The maximum absolute atomic E-state index is 2.41. The third-order valence-corrected chi connectivity index (χ3v) is 10.9. The van der Waals surface area contributed by atoms with E-state index in [0.717, 1.165) is 0 Å². The van der Waals surface area contributed by atoms with E-state index in [1.54, 1.807) is 0 Å². The number of hydrogen-bond acceptors (Lipinski definition) is 0. The Morgan fingerprint density at radius 1 is 0.259 bits per heavy atom. The van der Waals surface area contributed by atoms with E-state index < -0.39 is 0 Å². The van der Waals surface area contributed by atoms with Crippen LogP contribution in [0.4, 0.5) is 0 Å². The summed E-state index contributed by atoms with van der Waals surface area (Å²) in [6.07, 6.45) is 0. The van der Waals surface area contributed by atoms with E-state index in [9.17, 15) is 0 Å². The van der Waals surface area contributed by atoms with Crippen LogP contribution in [0.15, 0.2) is 194 Å². The van der Waals surface area contributed by atoms with Gasteiger partial charge in [0.1, 0.15) is 0 Å². The Hall–Kier alpha value is -6.90. The molecule has 0 atom stereocenters. The lowest BCUT2D eigenvalue weighted by Crippen LogP contribution is -1.95. The van der Waals surface area contributed by atoms with Crippen molar-refractivity contribution in [3.8, 4) is 33.6 Å². The summed E-state index contributed by atoms with van der Waals surface area (Å²) < 4.78 is 4.82. The summed E-state index contributed by atoms with van der Waals surface area (Å²) in [5.74, 6) is 0. The number of hydrogen-bond donors (Lipinski definition) is 0. The zero-order valence-electron chi connectivity index (χ0n) is 30.4. The smallest absolute Gasteiger partial charge is 0.0547 e. The van der Waals surface area contributed by atoms with Crippen molar-refractivity contribution in [3.63, 3.8) is 0 Å². The van der Waals surface area contributed by atoms with Gasteiger partial charge >= 0.3 is 0 Å². The van der Waals surface area contributed by atoms with Gasteiger partial charge in [0, 0.05) is 32.9 Å². The highest BCUT2D eigenvalue weighted by atomic mass is 15.0. The molecule has 0 unspecified atom stereocenters. The van der Waals surface area contributed by atoms with E-state index in [1.807, 2.05) is 13.8 Å². The van der Waals surface area contributed by atoms with Gasteiger partial charge in [0.2, 0.25) is 0 Å². The maximum Gasteiger partial charge on any atom is 0.0547 e. The summed E-state index contributed by atoms with van der Waals surface area (Å²) in [6.45, 7) is 4.00. The molecular weight excluding hydrogens is 653 g/mol. The van der Waals surface area contributed by atoms with E-state index in [-0.39, 0.29) is 0 Å². The van der Waals surface area contributed by atoms with E-state index in [0.29, 0.717) is 0 Å². The third-order valence-electron chi connectivity index (χ3n) is 10.9. The number of para-hydroxylation sites is 4. The lowest BCUT2D eigenvalue weighted by Gasteiger charge is -2.18. The number of benzene rings is 9. The number of nitrogens with zero attached hydrogens (tertiary/aromatic N) is 2. The Morgan fingerprint density at radius 2 is 0.556 bits per heavy atom. The van der Waals surface area contributed by atoms with Crippen molar-refractivity contribution < 1.29 is 0 Å². The minimum Gasteiger partial charge on any atom is -0.309 e. The average molecular weight is 691 g/mol. The predicted molar refractivity (Wildman–Crippen MR) is 232 cm³/mol. The summed E-state index contributed by atoms with van der Waals surface area (Å²) in [7, 11) is 0. The normalized spacial score (nSPS) is 11.5. The first-order valence-electron chi connectivity index (χ1n) is 18.9. The quantitative estimate of drug-likeness (QED) is 0.163. The van der Waals surface area contributed by atoms with Crippen LogP contribution in [-0.2, 0) is 0 Å². The van der Waals surface area contributed by atoms with Gasteiger partial charge < -0.3 is 9.13 Å². The zero-order chi connectivity index (χ0) is 36.2. The molecule has 2 heterocycles. The Morgan fingerprint density at radius 3 is 0.926 bits per heavy atom. The van der Waals surface area contributed by atoms with E-state index in [4.69, 9.17) is 0 Å². The van der Waals surface area contributed by atoms with Gasteiger partial charge in [0.05, 0.1) is 22.1 Å². The molecule has 256 valence electrons. The molecule has 0 fully saturated rings. The molecule has 2 nitrogen and oxygen atoms in total. The molecule has 54 heavy (non-hydrogen) atoms. The average Bonchev–Trinajstić information content (AvgIpc) is 3.76. The maximum atomic E-state index is 2.41. The summed E-state index contributed by atoms with van der Waals surface area (Å²) in [4.78, 5) is 0. The highest BCUT2D eigenvalue weighted by Crippen LogP contribution is 2.46. The van der Waals surface area contributed by atoms with Crippen LogP contribution in [-0.4, -0.2) is 9.13 Å². The predicted octanol–water partition coefficient (Wildman–Crippen LogP) is 14.5. The van der Waals surface area contributed by atoms with Crippen LogP contribution in [0, 0.1) is 0 Å². The fraction of sp³-hybridized carbons (Fsp3) is 0.0385. The molecule has 0 N–H and O–H groups in total. The van der Waals surface area contributed by atoms with Gasteiger partial charge in [-0.2, -0.15) is 0 Å². The van der Waals surface area contributed by atoms with Crippen LogP contribution < -0.4 is 0 Å². The second-order valence-corrected chi connectivity index (χ2v) is 13.7. The molecule has 0 aliphatic carbocycles. The van der Waals surface area contributed by atoms with Crippen LogP contribution in [0.5, 0.6) is 0 Å². The van der Waals surface area contributed by atoms with Crippen molar-refractivity contribution in [3.05, 3.63) is 194 Å². The Bertz CT molecular complexity index is 2890. The first-order valence-corrected chi connectivity index (χ1v) is 18.9. The van der Waals surface area contributed by atoms with Crippen molar-refractivity contribution in [2.24, 2.45) is 0 Å². The zero-order valence-corrected chi connectivity index (χ0v) is 30.4. The lowest BCUT2D eigenvalue weighted by atomic mass is 9.85. The van der Waals surface area contributed by atoms with E-state index >= 15 is 0 Å². The van der Waals surface area contributed by atoms with Gasteiger partial charge in [0.25, 0.3) is 0 Å². The van der Waals surface area contributed by atoms with Crippen molar-refractivity contribution in [1.82, 2.24) is 9.13 Å². The van der Waals surface area contributed by atoms with Gasteiger partial charge in [-0.25, -0.2) is 0 Å². The molecule has 11 aromatic rings. The number of fused-ring (bicyclic) bond motifs is 8. The molecule has 0 amide bonds. The Labute approximate surface area is 314 Å². The molecule has 11 rings (SSSR count). The largest absolute Gasteiger partial charge is 0.309 e. The van der Waals surface area contributed by atoms with Gasteiger partial charge in [-0.15, -0.1) is 0 Å². The number of aromatic nitrogens is 2.